The molecule has 1 aliphatic rings. The van der Waals surface area contributed by atoms with Crippen LogP contribution in [0.3, 0.4) is 0 Å². The summed E-state index contributed by atoms with van der Waals surface area (Å²) in [6.07, 6.45) is 0. The van der Waals surface area contributed by atoms with E-state index in [0.717, 1.165) is 11.1 Å². The van der Waals surface area contributed by atoms with Crippen LogP contribution in [0.4, 0.5) is 0 Å². The standard InChI is InChI=1S/C18H19N3O3S/c1-12-7-3-4-8-14(12)11-19-18(22)13(2)20-17-15-9-5-6-10-16(15)25(23,24)21-17/h3-10,13H,11H2,1-2H3,(H,19,22)(H,20,21)/t13-/m0/s1. The largest absolute Gasteiger partial charge is 0.350 e. The topological polar surface area (TPSA) is 87.6 Å². The fourth-order valence-corrected chi connectivity index (χ4v) is 3.86. The number of benzene rings is 2. The van der Waals surface area contributed by atoms with E-state index in [4.69, 9.17) is 0 Å². The van der Waals surface area contributed by atoms with Crippen LogP contribution >= 0.6 is 0 Å². The average Bonchev–Trinajstić information content (AvgIpc) is 2.85. The van der Waals surface area contributed by atoms with Gasteiger partial charge in [0.15, 0.2) is 0 Å². The van der Waals surface area contributed by atoms with Crippen molar-refractivity contribution in [3.05, 3.63) is 65.2 Å². The maximum Gasteiger partial charge on any atom is 0.263 e. The molecule has 0 saturated carbocycles. The van der Waals surface area contributed by atoms with Gasteiger partial charge >= 0.3 is 0 Å². The Kier molecular flexibility index (Phi) is 4.59. The smallest absolute Gasteiger partial charge is 0.263 e. The Bertz CT molecular complexity index is 952. The van der Waals surface area contributed by atoms with Crippen LogP contribution in [0.5, 0.6) is 0 Å². The third-order valence-electron chi connectivity index (χ3n) is 4.08. The molecule has 0 saturated heterocycles. The third-order valence-corrected chi connectivity index (χ3v) is 5.48. The average molecular weight is 357 g/mol. The summed E-state index contributed by atoms with van der Waals surface area (Å²) in [5.74, 6) is -0.0616. The van der Waals surface area contributed by atoms with Gasteiger partial charge in [-0.2, -0.15) is 0 Å². The molecule has 7 heteroatoms. The van der Waals surface area contributed by atoms with Crippen LogP contribution in [0.1, 0.15) is 23.6 Å². The minimum absolute atomic E-state index is 0.182. The summed E-state index contributed by atoms with van der Waals surface area (Å²) in [5.41, 5.74) is 2.61. The molecule has 2 aromatic carbocycles. The number of fused-ring (bicyclic) bond motifs is 1. The van der Waals surface area contributed by atoms with Crippen molar-refractivity contribution in [2.75, 3.05) is 0 Å². The summed E-state index contributed by atoms with van der Waals surface area (Å²) in [6.45, 7) is 4.02. The molecule has 0 spiro atoms. The Hall–Kier alpha value is -2.67. The van der Waals surface area contributed by atoms with Crippen molar-refractivity contribution in [2.24, 2.45) is 4.99 Å². The van der Waals surface area contributed by atoms with Crippen molar-refractivity contribution in [1.82, 2.24) is 10.0 Å². The number of amides is 1. The lowest BCUT2D eigenvalue weighted by atomic mass is 10.1. The molecule has 0 aliphatic carbocycles. The number of carbonyl (C=O) groups is 1. The lowest BCUT2D eigenvalue weighted by molar-refractivity contribution is -0.122. The molecule has 3 rings (SSSR count). The van der Waals surface area contributed by atoms with Gasteiger partial charge in [0, 0.05) is 12.1 Å². The van der Waals surface area contributed by atoms with Crippen molar-refractivity contribution >= 4 is 21.8 Å². The van der Waals surface area contributed by atoms with E-state index in [-0.39, 0.29) is 16.6 Å². The second-order valence-electron chi connectivity index (χ2n) is 5.90. The van der Waals surface area contributed by atoms with Crippen LogP contribution in [0.2, 0.25) is 0 Å². The van der Waals surface area contributed by atoms with Gasteiger partial charge in [0.05, 0.1) is 4.90 Å². The van der Waals surface area contributed by atoms with E-state index in [9.17, 15) is 13.2 Å². The molecule has 25 heavy (non-hydrogen) atoms. The molecular weight excluding hydrogens is 338 g/mol. The molecule has 130 valence electrons. The highest BCUT2D eigenvalue weighted by Gasteiger charge is 2.31. The fourth-order valence-electron chi connectivity index (χ4n) is 2.62. The number of sulfonamides is 1. The molecule has 0 aromatic heterocycles. The first kappa shape index (κ1) is 17.2. The van der Waals surface area contributed by atoms with E-state index in [1.165, 1.54) is 6.07 Å². The summed E-state index contributed by atoms with van der Waals surface area (Å²) in [4.78, 5) is 16.7. The molecule has 0 unspecified atom stereocenters. The number of nitrogens with one attached hydrogen (secondary N) is 2. The number of nitrogens with zero attached hydrogens (tertiary/aromatic N) is 1. The van der Waals surface area contributed by atoms with Gasteiger partial charge in [-0.25, -0.2) is 8.42 Å². The highest BCUT2D eigenvalue weighted by molar-refractivity contribution is 7.90. The third kappa shape index (κ3) is 3.56. The first-order valence-electron chi connectivity index (χ1n) is 7.91. The second kappa shape index (κ2) is 6.68. The summed E-state index contributed by atoms with van der Waals surface area (Å²) >= 11 is 0. The zero-order valence-corrected chi connectivity index (χ0v) is 14.8. The maximum absolute atomic E-state index is 12.3. The van der Waals surface area contributed by atoms with Crippen molar-refractivity contribution in [2.45, 2.75) is 31.3 Å². The molecule has 0 radical (unpaired) electrons. The van der Waals surface area contributed by atoms with Gasteiger partial charge in [-0.05, 0) is 37.1 Å². The molecule has 0 bridgehead atoms. The van der Waals surface area contributed by atoms with E-state index in [2.05, 4.69) is 15.0 Å². The number of aliphatic imine (C=N–C) groups is 1. The van der Waals surface area contributed by atoms with E-state index in [1.807, 2.05) is 31.2 Å². The van der Waals surface area contributed by atoms with Gasteiger partial charge in [-0.1, -0.05) is 36.4 Å². The number of aryl methyl sites for hydroxylation is 1. The molecule has 6 nitrogen and oxygen atoms in total. The van der Waals surface area contributed by atoms with Gasteiger partial charge in [-0.15, -0.1) is 0 Å². The number of rotatable bonds is 4. The lowest BCUT2D eigenvalue weighted by Crippen LogP contribution is -2.33. The van der Waals surface area contributed by atoms with Crippen LogP contribution in [0, 0.1) is 6.92 Å². The van der Waals surface area contributed by atoms with Crippen LogP contribution in [-0.4, -0.2) is 26.2 Å². The molecule has 1 atom stereocenters. The molecule has 1 aliphatic heterocycles. The predicted octanol–water partition coefficient (Wildman–Crippen LogP) is 1.74. The highest BCUT2D eigenvalue weighted by atomic mass is 32.2. The van der Waals surface area contributed by atoms with E-state index >= 15 is 0 Å². The monoisotopic (exact) mass is 357 g/mol. The number of amidine groups is 1. The molecule has 1 amide bonds. The minimum Gasteiger partial charge on any atom is -0.350 e. The second-order valence-corrected chi connectivity index (χ2v) is 7.55. The van der Waals surface area contributed by atoms with Crippen molar-refractivity contribution in [1.29, 1.82) is 0 Å². The van der Waals surface area contributed by atoms with Gasteiger partial charge in [0.25, 0.3) is 10.0 Å². The lowest BCUT2D eigenvalue weighted by Gasteiger charge is -2.11. The van der Waals surface area contributed by atoms with Gasteiger partial charge in [0.2, 0.25) is 5.91 Å². The normalized spacial score (nSPS) is 17.6. The fraction of sp³-hybridized carbons (Fsp3) is 0.222. The van der Waals surface area contributed by atoms with E-state index < -0.39 is 16.1 Å². The zero-order chi connectivity index (χ0) is 18.0. The van der Waals surface area contributed by atoms with E-state index in [1.54, 1.807) is 25.1 Å². The molecular formula is C18H19N3O3S. The van der Waals surface area contributed by atoms with Crippen LogP contribution in [0.25, 0.3) is 0 Å². The summed E-state index contributed by atoms with van der Waals surface area (Å²) in [6, 6.07) is 13.7. The first-order valence-corrected chi connectivity index (χ1v) is 9.39. The Morgan fingerprint density at radius 3 is 2.60 bits per heavy atom. The Balaban J connectivity index is 1.74. The number of carbonyl (C=O) groups excluding carboxylic acids is 1. The van der Waals surface area contributed by atoms with Gasteiger partial charge < -0.3 is 5.32 Å². The van der Waals surface area contributed by atoms with Gasteiger partial charge in [-0.3, -0.25) is 14.5 Å². The quantitative estimate of drug-likeness (QED) is 0.874. The molecule has 2 aromatic rings. The highest BCUT2D eigenvalue weighted by Crippen LogP contribution is 2.22. The van der Waals surface area contributed by atoms with Gasteiger partial charge in [0.1, 0.15) is 11.9 Å². The van der Waals surface area contributed by atoms with E-state index in [0.29, 0.717) is 12.1 Å². The van der Waals surface area contributed by atoms with Crippen LogP contribution in [0.15, 0.2) is 58.4 Å². The summed E-state index contributed by atoms with van der Waals surface area (Å²) in [7, 11) is -3.60. The number of hydrogen-bond acceptors (Lipinski definition) is 4. The Labute approximate surface area is 147 Å². The first-order chi connectivity index (χ1) is 11.9. The van der Waals surface area contributed by atoms with Crippen molar-refractivity contribution in [3.8, 4) is 0 Å². The molecule has 1 heterocycles. The molecule has 2 N–H and O–H groups in total. The van der Waals surface area contributed by atoms with Crippen molar-refractivity contribution in [3.63, 3.8) is 0 Å². The van der Waals surface area contributed by atoms with Crippen LogP contribution in [-0.2, 0) is 21.4 Å². The minimum atomic E-state index is -3.60. The summed E-state index contributed by atoms with van der Waals surface area (Å²) < 4.78 is 26.5. The van der Waals surface area contributed by atoms with Crippen molar-refractivity contribution < 1.29 is 13.2 Å². The predicted molar refractivity (Wildman–Crippen MR) is 95.8 cm³/mol. The van der Waals surface area contributed by atoms with Crippen LogP contribution < -0.4 is 10.0 Å². The maximum atomic E-state index is 12.3. The SMILES string of the molecule is Cc1ccccc1CNC(=O)[C@H](C)N=C1NS(=O)(=O)c2ccccc21. The molecule has 0 fully saturated rings. The summed E-state index contributed by atoms with van der Waals surface area (Å²) in [5, 5.41) is 2.83. The Morgan fingerprint density at radius 1 is 1.16 bits per heavy atom. The zero-order valence-electron chi connectivity index (χ0n) is 14.0. The Morgan fingerprint density at radius 2 is 1.84 bits per heavy atom. The number of hydrogen-bond donors (Lipinski definition) is 2.